The van der Waals surface area contributed by atoms with E-state index in [1.807, 2.05) is 30.6 Å². The molecular weight excluding hydrogens is 371 g/mol. The summed E-state index contributed by atoms with van der Waals surface area (Å²) in [7, 11) is 1.80. The maximum atomic E-state index is 8.77. The van der Waals surface area contributed by atoms with Crippen LogP contribution in [0.15, 0.2) is 49.1 Å². The van der Waals surface area contributed by atoms with Crippen molar-refractivity contribution in [2.75, 3.05) is 12.5 Å². The number of hydrogen-bond donors (Lipinski definition) is 1. The van der Waals surface area contributed by atoms with Crippen molar-refractivity contribution in [3.05, 3.63) is 60.2 Å². The van der Waals surface area contributed by atoms with Gasteiger partial charge in [-0.05, 0) is 59.6 Å². The predicted molar refractivity (Wildman–Crippen MR) is 97.7 cm³/mol. The first-order chi connectivity index (χ1) is 11.6. The van der Waals surface area contributed by atoms with E-state index in [-0.39, 0.29) is 6.61 Å². The standard InChI is InChI=1S/C8H10ClN.C8H11NO.ClHO2S/c9-5-1-3-8-4-2-6-10-7-8;10-6-2-4-8-3-1-5-9-7-8;1-4(2)3/h2,4,6-7H,1,3,5H2;1,3,5,7,10H,2,4,6H2;(H,2,3)/p-1. The van der Waals surface area contributed by atoms with Gasteiger partial charge in [0, 0.05) is 47.6 Å². The number of aliphatic hydroxyl groups is 1. The van der Waals surface area contributed by atoms with Crippen molar-refractivity contribution >= 4 is 32.6 Å². The summed E-state index contributed by atoms with van der Waals surface area (Å²) in [6, 6.07) is 7.94. The first-order valence-corrected chi connectivity index (χ1v) is 9.73. The van der Waals surface area contributed by atoms with E-state index in [0.717, 1.165) is 31.6 Å². The highest BCUT2D eigenvalue weighted by molar-refractivity contribution is 8.03. The van der Waals surface area contributed by atoms with Crippen LogP contribution in [0, 0.1) is 0 Å². The van der Waals surface area contributed by atoms with Crippen LogP contribution in [0.1, 0.15) is 24.0 Å². The van der Waals surface area contributed by atoms with Gasteiger partial charge in [-0.25, -0.2) is 0 Å². The molecule has 1 unspecified atom stereocenters. The Morgan fingerprint density at radius 3 is 1.83 bits per heavy atom. The van der Waals surface area contributed by atoms with Crippen LogP contribution in [0.2, 0.25) is 0 Å². The molecule has 1 N–H and O–H groups in total. The van der Waals surface area contributed by atoms with Crippen molar-refractivity contribution in [1.82, 2.24) is 9.97 Å². The lowest BCUT2D eigenvalue weighted by molar-refractivity contribution is 0.288. The molecule has 0 aliphatic carbocycles. The van der Waals surface area contributed by atoms with Gasteiger partial charge in [0.2, 0.25) is 0 Å². The van der Waals surface area contributed by atoms with E-state index in [0.29, 0.717) is 0 Å². The van der Waals surface area contributed by atoms with Crippen molar-refractivity contribution in [2.45, 2.75) is 25.7 Å². The number of pyridine rings is 2. The third-order valence-electron chi connectivity index (χ3n) is 2.67. The molecular formula is C16H21Cl2N2O3S-. The second-order valence-electron chi connectivity index (χ2n) is 4.54. The third-order valence-corrected chi connectivity index (χ3v) is 2.94. The fourth-order valence-corrected chi connectivity index (χ4v) is 1.78. The molecule has 5 nitrogen and oxygen atoms in total. The summed E-state index contributed by atoms with van der Waals surface area (Å²) in [6.07, 6.45) is 11.1. The Kier molecular flexibility index (Phi) is 16.1. The first-order valence-electron chi connectivity index (χ1n) is 7.30. The maximum Gasteiger partial charge on any atom is 0.0434 e. The molecule has 0 saturated heterocycles. The normalized spacial score (nSPS) is 10.7. The van der Waals surface area contributed by atoms with Gasteiger partial charge in [0.15, 0.2) is 0 Å². The minimum Gasteiger partial charge on any atom is -0.760 e. The average molecular weight is 392 g/mol. The van der Waals surface area contributed by atoms with Crippen molar-refractivity contribution < 1.29 is 13.9 Å². The Balaban J connectivity index is 0.000000363. The molecule has 2 aromatic rings. The molecule has 0 aliphatic rings. The summed E-state index contributed by atoms with van der Waals surface area (Å²) < 4.78 is 17.5. The topological polar surface area (TPSA) is 86.1 Å². The molecule has 0 bridgehead atoms. The van der Waals surface area contributed by atoms with Gasteiger partial charge < -0.3 is 9.66 Å². The van der Waals surface area contributed by atoms with Gasteiger partial charge in [-0.3, -0.25) is 14.2 Å². The van der Waals surface area contributed by atoms with Crippen LogP contribution in [0.5, 0.6) is 0 Å². The van der Waals surface area contributed by atoms with E-state index in [1.165, 1.54) is 11.1 Å². The summed E-state index contributed by atoms with van der Waals surface area (Å²) in [5, 5.41) is 8.51. The molecule has 134 valence electrons. The number of aryl methyl sites for hydroxylation is 2. The summed E-state index contributed by atoms with van der Waals surface area (Å²) in [5.41, 5.74) is 2.46. The number of aliphatic hydroxyl groups excluding tert-OH is 1. The zero-order chi connectivity index (χ0) is 18.0. The fourth-order valence-electron chi connectivity index (χ4n) is 1.65. The largest absolute Gasteiger partial charge is 0.760 e. The lowest BCUT2D eigenvalue weighted by Gasteiger charge is -1.95. The van der Waals surface area contributed by atoms with Crippen LogP contribution in [0.3, 0.4) is 0 Å². The quantitative estimate of drug-likeness (QED) is 0.463. The van der Waals surface area contributed by atoms with Gasteiger partial charge in [0.05, 0.1) is 0 Å². The second kappa shape index (κ2) is 16.8. The zero-order valence-electron chi connectivity index (χ0n) is 13.2. The van der Waals surface area contributed by atoms with Crippen LogP contribution in [-0.4, -0.2) is 36.3 Å². The van der Waals surface area contributed by atoms with Gasteiger partial charge in [-0.15, -0.1) is 11.6 Å². The van der Waals surface area contributed by atoms with E-state index in [4.69, 9.17) is 25.5 Å². The van der Waals surface area contributed by atoms with Gasteiger partial charge in [0.1, 0.15) is 0 Å². The monoisotopic (exact) mass is 391 g/mol. The number of nitrogens with zero attached hydrogens (tertiary/aromatic N) is 2. The Bertz CT molecular complexity index is 486. The Labute approximate surface area is 154 Å². The lowest BCUT2D eigenvalue weighted by Crippen LogP contribution is -1.88. The van der Waals surface area contributed by atoms with Crippen LogP contribution in [-0.2, 0) is 23.1 Å². The van der Waals surface area contributed by atoms with E-state index in [2.05, 4.69) is 26.7 Å². The van der Waals surface area contributed by atoms with Crippen LogP contribution in [0.25, 0.3) is 0 Å². The highest BCUT2D eigenvalue weighted by Gasteiger charge is 1.89. The first kappa shape index (κ1) is 22.9. The van der Waals surface area contributed by atoms with Gasteiger partial charge in [0.25, 0.3) is 0 Å². The highest BCUT2D eigenvalue weighted by Crippen LogP contribution is 2.00. The van der Waals surface area contributed by atoms with Gasteiger partial charge >= 0.3 is 0 Å². The molecule has 0 aromatic carbocycles. The summed E-state index contributed by atoms with van der Waals surface area (Å²) in [5.74, 6) is 0.731. The smallest absolute Gasteiger partial charge is 0.0434 e. The Hall–Kier alpha value is -1.05. The molecule has 8 heteroatoms. The summed E-state index contributed by atoms with van der Waals surface area (Å²) in [4.78, 5) is 7.95. The summed E-state index contributed by atoms with van der Waals surface area (Å²) in [6.45, 7) is 0.259. The predicted octanol–water partition coefficient (Wildman–Crippen LogP) is 3.28. The lowest BCUT2D eigenvalue weighted by atomic mass is 10.2. The Morgan fingerprint density at radius 1 is 1.04 bits per heavy atom. The SMILES string of the molecule is ClCCCc1cccnc1.O=S([O-])Cl.OCCCc1cccnc1. The molecule has 24 heavy (non-hydrogen) atoms. The molecule has 2 heterocycles. The van der Waals surface area contributed by atoms with Crippen molar-refractivity contribution in [3.8, 4) is 0 Å². The fraction of sp³-hybridized carbons (Fsp3) is 0.375. The Morgan fingerprint density at radius 2 is 1.50 bits per heavy atom. The number of rotatable bonds is 6. The minimum absolute atomic E-state index is 0.259. The highest BCUT2D eigenvalue weighted by atomic mass is 35.7. The number of alkyl halides is 1. The van der Waals surface area contributed by atoms with Crippen molar-refractivity contribution in [3.63, 3.8) is 0 Å². The molecule has 0 saturated carbocycles. The number of aromatic nitrogens is 2. The molecule has 0 radical (unpaired) electrons. The van der Waals surface area contributed by atoms with E-state index in [9.17, 15) is 0 Å². The van der Waals surface area contributed by atoms with Crippen LogP contribution >= 0.6 is 22.3 Å². The molecule has 0 fully saturated rings. The third kappa shape index (κ3) is 15.8. The average Bonchev–Trinajstić information content (AvgIpc) is 2.60. The molecule has 1 atom stereocenters. The van der Waals surface area contributed by atoms with Gasteiger partial charge in [-0.1, -0.05) is 12.1 Å². The van der Waals surface area contributed by atoms with E-state index >= 15 is 0 Å². The molecule has 0 spiro atoms. The van der Waals surface area contributed by atoms with E-state index < -0.39 is 10.3 Å². The molecule has 2 aromatic heterocycles. The molecule has 2 rings (SSSR count). The maximum absolute atomic E-state index is 8.77. The number of hydrogen-bond acceptors (Lipinski definition) is 5. The van der Waals surface area contributed by atoms with Crippen LogP contribution in [0.4, 0.5) is 0 Å². The molecule has 0 aliphatic heterocycles. The van der Waals surface area contributed by atoms with Gasteiger partial charge in [-0.2, -0.15) is 0 Å². The summed E-state index contributed by atoms with van der Waals surface area (Å²) >= 11 is 5.53. The minimum atomic E-state index is -2.39. The zero-order valence-corrected chi connectivity index (χ0v) is 15.5. The van der Waals surface area contributed by atoms with Crippen molar-refractivity contribution in [1.29, 1.82) is 0 Å². The van der Waals surface area contributed by atoms with Crippen molar-refractivity contribution in [2.24, 2.45) is 0 Å². The second-order valence-corrected chi connectivity index (χ2v) is 6.06. The van der Waals surface area contributed by atoms with E-state index in [1.54, 1.807) is 12.4 Å². The van der Waals surface area contributed by atoms with Crippen LogP contribution < -0.4 is 0 Å². The number of halogens is 2. The molecule has 0 amide bonds.